The number of rotatable bonds is 7. The third-order valence-corrected chi connectivity index (χ3v) is 7.55. The number of ether oxygens (including phenoxy) is 1. The Balaban J connectivity index is 1.45. The van der Waals surface area contributed by atoms with Crippen LogP contribution in [0, 0.1) is 5.82 Å². The topological polar surface area (TPSA) is 105 Å². The van der Waals surface area contributed by atoms with Gasteiger partial charge in [-0.2, -0.15) is 10.1 Å². The summed E-state index contributed by atoms with van der Waals surface area (Å²) < 4.78 is 32.0. The van der Waals surface area contributed by atoms with E-state index in [1.54, 1.807) is 25.5 Å². The first-order valence-corrected chi connectivity index (χ1v) is 14.2. The van der Waals surface area contributed by atoms with Crippen molar-refractivity contribution in [2.75, 3.05) is 31.1 Å². The Labute approximate surface area is 217 Å². The summed E-state index contributed by atoms with van der Waals surface area (Å²) in [6.45, 7) is 3.42. The minimum Gasteiger partial charge on any atom is -0.494 e. The number of halogens is 2. The molecule has 0 atom stereocenters. The number of para-hydroxylation sites is 1. The van der Waals surface area contributed by atoms with Gasteiger partial charge in [0.15, 0.2) is 17.4 Å². The van der Waals surface area contributed by atoms with Gasteiger partial charge in [-0.15, -0.1) is 0 Å². The predicted molar refractivity (Wildman–Crippen MR) is 147 cm³/mol. The molecular formula is C26H23ClFN6O2P. The van der Waals surface area contributed by atoms with Crippen molar-refractivity contribution in [3.05, 3.63) is 77.7 Å². The van der Waals surface area contributed by atoms with E-state index in [0.29, 0.717) is 44.7 Å². The number of nitrogens with zero attached hydrogens (tertiary/aromatic N) is 3. The van der Waals surface area contributed by atoms with Crippen LogP contribution in [0.5, 0.6) is 5.75 Å². The number of anilines is 4. The molecule has 3 aromatic carbocycles. The molecule has 0 fully saturated rings. The zero-order chi connectivity index (χ0) is 26.2. The zero-order valence-electron chi connectivity index (χ0n) is 20.2. The molecule has 0 radical (unpaired) electrons. The summed E-state index contributed by atoms with van der Waals surface area (Å²) >= 11 is 6.37. The number of benzene rings is 3. The number of methoxy groups -OCH3 is 1. The molecule has 0 aliphatic rings. The van der Waals surface area contributed by atoms with E-state index in [4.69, 9.17) is 16.3 Å². The molecule has 0 aliphatic carbocycles. The van der Waals surface area contributed by atoms with Gasteiger partial charge in [0, 0.05) is 21.9 Å². The molecule has 11 heteroatoms. The number of fused-ring (bicyclic) bond motifs is 1. The van der Waals surface area contributed by atoms with Gasteiger partial charge in [-0.3, -0.25) is 5.10 Å². The van der Waals surface area contributed by atoms with E-state index in [-0.39, 0.29) is 5.75 Å². The number of aromatic nitrogens is 4. The van der Waals surface area contributed by atoms with Crippen molar-refractivity contribution in [1.82, 2.24) is 20.2 Å². The van der Waals surface area contributed by atoms with Gasteiger partial charge >= 0.3 is 0 Å². The molecule has 0 bridgehead atoms. The Morgan fingerprint density at radius 1 is 1.05 bits per heavy atom. The van der Waals surface area contributed by atoms with Crippen LogP contribution in [0.2, 0.25) is 5.02 Å². The average Bonchev–Trinajstić information content (AvgIpc) is 3.29. The molecule has 0 unspecified atom stereocenters. The van der Waals surface area contributed by atoms with E-state index in [9.17, 15) is 8.96 Å². The van der Waals surface area contributed by atoms with Gasteiger partial charge < -0.3 is 19.9 Å². The Kier molecular flexibility index (Phi) is 6.58. The SMILES string of the molecule is COc1ccc(-c2n[nH]c3ccc(Nc4ncc(Cl)c(Nc5ccccc5P(C)(C)=O)n4)cc23)cc1F. The zero-order valence-corrected chi connectivity index (χ0v) is 21.9. The third-order valence-electron chi connectivity index (χ3n) is 5.73. The van der Waals surface area contributed by atoms with Crippen LogP contribution in [0.25, 0.3) is 22.2 Å². The highest BCUT2D eigenvalue weighted by Gasteiger charge is 2.17. The maximum absolute atomic E-state index is 14.3. The molecule has 188 valence electrons. The van der Waals surface area contributed by atoms with Crippen LogP contribution in [0.1, 0.15) is 0 Å². The lowest BCUT2D eigenvalue weighted by atomic mass is 10.1. The van der Waals surface area contributed by atoms with Gasteiger partial charge in [-0.25, -0.2) is 9.37 Å². The van der Waals surface area contributed by atoms with Crippen LogP contribution in [-0.4, -0.2) is 40.6 Å². The molecule has 0 amide bonds. The van der Waals surface area contributed by atoms with E-state index in [0.717, 1.165) is 10.9 Å². The number of aromatic amines is 1. The highest BCUT2D eigenvalue weighted by Crippen LogP contribution is 2.39. The molecular weight excluding hydrogens is 514 g/mol. The maximum Gasteiger partial charge on any atom is 0.229 e. The number of nitrogens with one attached hydrogen (secondary N) is 3. The van der Waals surface area contributed by atoms with Gasteiger partial charge in [0.05, 0.1) is 24.5 Å². The molecule has 5 aromatic rings. The summed E-state index contributed by atoms with van der Waals surface area (Å²) in [4.78, 5) is 8.81. The maximum atomic E-state index is 14.3. The first-order chi connectivity index (χ1) is 17.7. The predicted octanol–water partition coefficient (Wildman–Crippen LogP) is 6.56. The molecule has 0 saturated heterocycles. The first-order valence-electron chi connectivity index (χ1n) is 11.3. The minimum atomic E-state index is -2.53. The van der Waals surface area contributed by atoms with Gasteiger partial charge in [0.2, 0.25) is 5.95 Å². The summed E-state index contributed by atoms with van der Waals surface area (Å²) in [5, 5.41) is 15.5. The molecule has 8 nitrogen and oxygen atoms in total. The van der Waals surface area contributed by atoms with Gasteiger partial charge in [0.1, 0.15) is 17.9 Å². The third kappa shape index (κ3) is 5.14. The van der Waals surface area contributed by atoms with Crippen LogP contribution in [0.15, 0.2) is 66.9 Å². The van der Waals surface area contributed by atoms with Crippen LogP contribution in [0.4, 0.5) is 27.5 Å². The molecule has 5 rings (SSSR count). The summed E-state index contributed by atoms with van der Waals surface area (Å²) in [5.74, 6) is 0.377. The van der Waals surface area contributed by atoms with E-state index >= 15 is 0 Å². The van der Waals surface area contributed by atoms with Crippen molar-refractivity contribution in [3.63, 3.8) is 0 Å². The van der Waals surface area contributed by atoms with Crippen molar-refractivity contribution in [3.8, 4) is 17.0 Å². The standard InChI is InChI=1S/C26H23ClFN6O2P/c1-36-22-11-8-15(12-19(22)28)24-17-13-16(9-10-20(17)33-34-24)30-26-29-14-18(27)25(32-26)31-21-6-4-5-7-23(21)37(2,3)35/h4-14H,1-3H3,(H,33,34)(H2,29,30,31,32). The Morgan fingerprint density at radius 3 is 2.62 bits per heavy atom. The lowest BCUT2D eigenvalue weighted by Crippen LogP contribution is -2.10. The average molecular weight is 537 g/mol. The van der Waals surface area contributed by atoms with E-state index in [1.165, 1.54) is 19.4 Å². The van der Waals surface area contributed by atoms with Gasteiger partial charge in [-0.1, -0.05) is 23.7 Å². The van der Waals surface area contributed by atoms with E-state index in [1.807, 2.05) is 42.5 Å². The summed E-state index contributed by atoms with van der Waals surface area (Å²) in [6, 6.07) is 17.6. The van der Waals surface area contributed by atoms with Crippen molar-refractivity contribution >= 4 is 58.1 Å². The van der Waals surface area contributed by atoms with Crippen LogP contribution < -0.4 is 20.7 Å². The fourth-order valence-corrected chi connectivity index (χ4v) is 5.24. The lowest BCUT2D eigenvalue weighted by molar-refractivity contribution is 0.386. The molecule has 2 heterocycles. The second kappa shape index (κ2) is 9.84. The Hall–Kier alpha value is -3.94. The molecule has 2 aromatic heterocycles. The minimum absolute atomic E-state index is 0.165. The molecule has 0 saturated carbocycles. The molecule has 3 N–H and O–H groups in total. The highest BCUT2D eigenvalue weighted by atomic mass is 35.5. The molecule has 37 heavy (non-hydrogen) atoms. The highest BCUT2D eigenvalue weighted by molar-refractivity contribution is 7.70. The Morgan fingerprint density at radius 2 is 1.86 bits per heavy atom. The van der Waals surface area contributed by atoms with Crippen molar-refractivity contribution in [1.29, 1.82) is 0 Å². The van der Waals surface area contributed by atoms with Crippen molar-refractivity contribution in [2.24, 2.45) is 0 Å². The van der Waals surface area contributed by atoms with Gasteiger partial charge in [0.25, 0.3) is 0 Å². The summed E-state index contributed by atoms with van der Waals surface area (Å²) in [7, 11) is -1.11. The fourth-order valence-electron chi connectivity index (χ4n) is 3.95. The molecule has 0 spiro atoms. The summed E-state index contributed by atoms with van der Waals surface area (Å²) in [6.07, 6.45) is 1.49. The lowest BCUT2D eigenvalue weighted by Gasteiger charge is -2.15. The number of hydrogen-bond donors (Lipinski definition) is 3. The number of hydrogen-bond acceptors (Lipinski definition) is 7. The van der Waals surface area contributed by atoms with E-state index < -0.39 is 13.0 Å². The fraction of sp³-hybridized carbons (Fsp3) is 0.115. The smallest absolute Gasteiger partial charge is 0.229 e. The van der Waals surface area contributed by atoms with Gasteiger partial charge in [-0.05, 0) is 61.9 Å². The Bertz CT molecular complexity index is 1670. The normalized spacial score (nSPS) is 11.5. The van der Waals surface area contributed by atoms with Crippen LogP contribution >= 0.6 is 18.7 Å². The van der Waals surface area contributed by atoms with Crippen LogP contribution in [-0.2, 0) is 4.57 Å². The van der Waals surface area contributed by atoms with Crippen molar-refractivity contribution in [2.45, 2.75) is 0 Å². The first kappa shape index (κ1) is 24.7. The number of H-pyrrole nitrogens is 1. The van der Waals surface area contributed by atoms with E-state index in [2.05, 4.69) is 30.8 Å². The summed E-state index contributed by atoms with van der Waals surface area (Å²) in [5.41, 5.74) is 3.36. The quantitative estimate of drug-likeness (QED) is 0.202. The second-order valence-corrected chi connectivity index (χ2v) is 12.3. The van der Waals surface area contributed by atoms with Crippen molar-refractivity contribution < 1.29 is 13.7 Å². The second-order valence-electron chi connectivity index (χ2n) is 8.69. The monoisotopic (exact) mass is 536 g/mol. The largest absolute Gasteiger partial charge is 0.494 e. The van der Waals surface area contributed by atoms with Crippen LogP contribution in [0.3, 0.4) is 0 Å². The molecule has 0 aliphatic heterocycles.